The number of H-pyrrole nitrogens is 1. The number of aromatic amines is 1. The fourth-order valence-electron chi connectivity index (χ4n) is 2.25. The molecule has 0 unspecified atom stereocenters. The molecule has 0 aliphatic carbocycles. The summed E-state index contributed by atoms with van der Waals surface area (Å²) in [4.78, 5) is 15.2. The molecule has 0 radical (unpaired) electrons. The van der Waals surface area contributed by atoms with Crippen LogP contribution in [0.2, 0.25) is 20.1 Å². The van der Waals surface area contributed by atoms with Gasteiger partial charge >= 0.3 is 0 Å². The number of halogens is 4. The van der Waals surface area contributed by atoms with Gasteiger partial charge in [0, 0.05) is 33.3 Å². The van der Waals surface area contributed by atoms with Gasteiger partial charge in [-0.15, -0.1) is 0 Å². The van der Waals surface area contributed by atoms with E-state index in [9.17, 15) is 4.79 Å². The van der Waals surface area contributed by atoms with E-state index < -0.39 is 0 Å². The fourth-order valence-corrected chi connectivity index (χ4v) is 3.27. The Morgan fingerprint density at radius 1 is 0.652 bits per heavy atom. The van der Waals surface area contributed by atoms with Crippen LogP contribution in [0, 0.1) is 0 Å². The highest BCUT2D eigenvalue weighted by Crippen LogP contribution is 2.32. The lowest BCUT2D eigenvalue weighted by molar-refractivity contribution is 1.30. The van der Waals surface area contributed by atoms with Gasteiger partial charge in [-0.2, -0.15) is 0 Å². The minimum absolute atomic E-state index is 0.161. The molecule has 1 N–H and O–H groups in total. The van der Waals surface area contributed by atoms with Gasteiger partial charge in [0.05, 0.1) is 21.4 Å². The first-order valence-electron chi connectivity index (χ1n) is 6.59. The molecule has 3 aromatic rings. The standard InChI is InChI=1S/C17H9Cl4NO/c18-9-1-3-12(14(20)5-9)16-7-11(23)8-17(22-16)13-4-2-10(19)6-15(13)21/h1-8H,(H,22,23). The number of benzene rings is 2. The molecule has 0 atom stereocenters. The molecular formula is C17H9Cl4NO. The summed E-state index contributed by atoms with van der Waals surface area (Å²) in [6.45, 7) is 0. The summed E-state index contributed by atoms with van der Waals surface area (Å²) in [7, 11) is 0. The Morgan fingerprint density at radius 2 is 1.09 bits per heavy atom. The molecule has 1 heterocycles. The number of rotatable bonds is 2. The zero-order valence-corrected chi connectivity index (χ0v) is 14.6. The van der Waals surface area contributed by atoms with Crippen LogP contribution in [0.5, 0.6) is 0 Å². The summed E-state index contributed by atoms with van der Waals surface area (Å²) in [5.41, 5.74) is 2.37. The average Bonchev–Trinajstić information content (AvgIpc) is 2.46. The number of pyridine rings is 1. The average molecular weight is 385 g/mol. The first-order valence-corrected chi connectivity index (χ1v) is 8.10. The van der Waals surface area contributed by atoms with Crippen molar-refractivity contribution in [1.29, 1.82) is 0 Å². The van der Waals surface area contributed by atoms with Gasteiger partial charge < -0.3 is 4.98 Å². The molecule has 0 saturated heterocycles. The van der Waals surface area contributed by atoms with Gasteiger partial charge in [-0.3, -0.25) is 4.79 Å². The third-order valence-corrected chi connectivity index (χ3v) is 4.38. The normalized spacial score (nSPS) is 10.8. The number of aromatic nitrogens is 1. The molecule has 3 rings (SSSR count). The van der Waals surface area contributed by atoms with Crippen molar-refractivity contribution in [1.82, 2.24) is 4.98 Å². The lowest BCUT2D eigenvalue weighted by Crippen LogP contribution is -2.02. The molecule has 0 aliphatic heterocycles. The van der Waals surface area contributed by atoms with Gasteiger partial charge in [0.1, 0.15) is 0 Å². The Bertz CT molecular complexity index is 877. The van der Waals surface area contributed by atoms with Crippen molar-refractivity contribution >= 4 is 46.4 Å². The quantitative estimate of drug-likeness (QED) is 0.550. The van der Waals surface area contributed by atoms with Crippen molar-refractivity contribution < 1.29 is 0 Å². The van der Waals surface area contributed by atoms with Gasteiger partial charge in [0.25, 0.3) is 0 Å². The van der Waals surface area contributed by atoms with E-state index in [0.29, 0.717) is 42.6 Å². The molecule has 1 aromatic heterocycles. The largest absolute Gasteiger partial charge is 0.354 e. The number of hydrogen-bond donors (Lipinski definition) is 1. The predicted octanol–water partition coefficient (Wildman–Crippen LogP) is 6.32. The summed E-state index contributed by atoms with van der Waals surface area (Å²) >= 11 is 24.3. The SMILES string of the molecule is O=c1cc(-c2ccc(Cl)cc2Cl)[nH]c(-c2ccc(Cl)cc2Cl)c1. The topological polar surface area (TPSA) is 32.9 Å². The Kier molecular flexibility index (Phi) is 4.69. The van der Waals surface area contributed by atoms with Crippen LogP contribution < -0.4 is 5.43 Å². The molecule has 0 fully saturated rings. The molecule has 23 heavy (non-hydrogen) atoms. The number of hydrogen-bond acceptors (Lipinski definition) is 1. The van der Waals surface area contributed by atoms with Crippen LogP contribution in [-0.4, -0.2) is 4.98 Å². The Balaban J connectivity index is 2.18. The third-order valence-electron chi connectivity index (χ3n) is 3.29. The van der Waals surface area contributed by atoms with Crippen LogP contribution >= 0.6 is 46.4 Å². The second kappa shape index (κ2) is 6.58. The minimum atomic E-state index is -0.161. The maximum Gasteiger partial charge on any atom is 0.182 e. The van der Waals surface area contributed by atoms with Crippen molar-refractivity contribution in [3.8, 4) is 22.5 Å². The predicted molar refractivity (Wildman–Crippen MR) is 98.0 cm³/mol. The summed E-state index contributed by atoms with van der Waals surface area (Å²) in [6.07, 6.45) is 0. The van der Waals surface area contributed by atoms with Gasteiger partial charge in [-0.1, -0.05) is 46.4 Å². The summed E-state index contributed by atoms with van der Waals surface area (Å²) in [5, 5.41) is 1.95. The van der Waals surface area contributed by atoms with Crippen molar-refractivity contribution in [2.24, 2.45) is 0 Å². The van der Waals surface area contributed by atoms with E-state index >= 15 is 0 Å². The second-order valence-corrected chi connectivity index (χ2v) is 6.58. The highest BCUT2D eigenvalue weighted by molar-refractivity contribution is 6.37. The van der Waals surface area contributed by atoms with Gasteiger partial charge in [0.15, 0.2) is 5.43 Å². The first kappa shape index (κ1) is 16.4. The Labute approximate surface area is 152 Å². The molecule has 0 spiro atoms. The van der Waals surface area contributed by atoms with E-state index in [0.717, 1.165) is 0 Å². The first-order chi connectivity index (χ1) is 10.9. The van der Waals surface area contributed by atoms with E-state index in [1.54, 1.807) is 36.4 Å². The summed E-state index contributed by atoms with van der Waals surface area (Å²) in [6, 6.07) is 13.1. The monoisotopic (exact) mass is 383 g/mol. The Hall–Kier alpha value is -1.45. The van der Waals surface area contributed by atoms with E-state index in [-0.39, 0.29) is 5.43 Å². The molecule has 0 bridgehead atoms. The fraction of sp³-hybridized carbons (Fsp3) is 0. The van der Waals surface area contributed by atoms with Crippen LogP contribution in [0.3, 0.4) is 0 Å². The summed E-state index contributed by atoms with van der Waals surface area (Å²) in [5.74, 6) is 0. The van der Waals surface area contributed by atoms with Crippen molar-refractivity contribution in [3.05, 3.63) is 78.8 Å². The van der Waals surface area contributed by atoms with Gasteiger partial charge in [-0.05, 0) is 36.4 Å². The zero-order valence-electron chi connectivity index (χ0n) is 11.5. The van der Waals surface area contributed by atoms with Crippen LogP contribution in [0.4, 0.5) is 0 Å². The lowest BCUT2D eigenvalue weighted by Gasteiger charge is -2.10. The maximum absolute atomic E-state index is 12.1. The number of nitrogens with one attached hydrogen (secondary N) is 1. The minimum Gasteiger partial charge on any atom is -0.354 e. The van der Waals surface area contributed by atoms with Gasteiger partial charge in [0.2, 0.25) is 0 Å². The van der Waals surface area contributed by atoms with E-state index in [1.165, 1.54) is 12.1 Å². The van der Waals surface area contributed by atoms with Crippen molar-refractivity contribution in [2.75, 3.05) is 0 Å². The van der Waals surface area contributed by atoms with E-state index in [4.69, 9.17) is 46.4 Å². The lowest BCUT2D eigenvalue weighted by atomic mass is 10.1. The smallest absolute Gasteiger partial charge is 0.182 e. The molecule has 2 aromatic carbocycles. The van der Waals surface area contributed by atoms with Crippen LogP contribution in [0.15, 0.2) is 53.3 Å². The Morgan fingerprint density at radius 3 is 1.48 bits per heavy atom. The molecule has 0 aliphatic rings. The highest BCUT2D eigenvalue weighted by Gasteiger charge is 2.10. The molecule has 2 nitrogen and oxygen atoms in total. The molecular weight excluding hydrogens is 376 g/mol. The third kappa shape index (κ3) is 3.56. The molecule has 0 saturated carbocycles. The summed E-state index contributed by atoms with van der Waals surface area (Å²) < 4.78 is 0. The zero-order chi connectivity index (χ0) is 16.6. The maximum atomic E-state index is 12.1. The van der Waals surface area contributed by atoms with E-state index in [2.05, 4.69) is 4.98 Å². The van der Waals surface area contributed by atoms with Crippen molar-refractivity contribution in [3.63, 3.8) is 0 Å². The molecule has 0 amide bonds. The van der Waals surface area contributed by atoms with Crippen LogP contribution in [0.1, 0.15) is 0 Å². The molecule has 116 valence electrons. The highest BCUT2D eigenvalue weighted by atomic mass is 35.5. The second-order valence-electron chi connectivity index (χ2n) is 4.89. The van der Waals surface area contributed by atoms with Crippen LogP contribution in [-0.2, 0) is 0 Å². The van der Waals surface area contributed by atoms with Crippen molar-refractivity contribution in [2.45, 2.75) is 0 Å². The van der Waals surface area contributed by atoms with Crippen LogP contribution in [0.25, 0.3) is 22.5 Å². The van der Waals surface area contributed by atoms with E-state index in [1.807, 2.05) is 0 Å². The molecule has 6 heteroatoms. The van der Waals surface area contributed by atoms with Gasteiger partial charge in [-0.25, -0.2) is 0 Å².